The minimum absolute atomic E-state index is 0.0637. The van der Waals surface area contributed by atoms with Crippen LogP contribution in [0.15, 0.2) is 17.1 Å². The van der Waals surface area contributed by atoms with Crippen LogP contribution in [0, 0.1) is 0 Å². The van der Waals surface area contributed by atoms with Gasteiger partial charge in [-0.1, -0.05) is 0 Å². The van der Waals surface area contributed by atoms with E-state index in [4.69, 9.17) is 0 Å². The number of nitrogens with zero attached hydrogens (tertiary/aromatic N) is 2. The van der Waals surface area contributed by atoms with Crippen molar-refractivity contribution in [3.8, 4) is 0 Å². The van der Waals surface area contributed by atoms with Crippen LogP contribution < -0.4 is 5.69 Å². The van der Waals surface area contributed by atoms with Crippen LogP contribution in [0.3, 0.4) is 0 Å². The lowest BCUT2D eigenvalue weighted by Gasteiger charge is -1.86. The Bertz CT molecular complexity index is 446. The lowest BCUT2D eigenvalue weighted by molar-refractivity contribution is 0.883. The van der Waals surface area contributed by atoms with Crippen molar-refractivity contribution in [1.82, 2.24) is 14.1 Å². The minimum atomic E-state index is -0.0637. The van der Waals surface area contributed by atoms with E-state index in [0.717, 1.165) is 11.2 Å². The molecule has 11 heavy (non-hydrogen) atoms. The number of imidazole rings is 1. The van der Waals surface area contributed by atoms with Crippen LogP contribution in [0.2, 0.25) is 0 Å². The molecule has 0 saturated carbocycles. The van der Waals surface area contributed by atoms with Gasteiger partial charge in [-0.25, -0.2) is 4.79 Å². The standard InChI is InChI=1S/C7H9N3O/c1-9-4-3-5-6(9)8-7(11)10(5)2/h3-4H,1-2H3,(H,8,11). The molecule has 0 radical (unpaired) electrons. The van der Waals surface area contributed by atoms with Crippen LogP contribution in [0.1, 0.15) is 0 Å². The summed E-state index contributed by atoms with van der Waals surface area (Å²) in [4.78, 5) is 13.8. The van der Waals surface area contributed by atoms with Crippen molar-refractivity contribution in [3.63, 3.8) is 0 Å². The summed E-state index contributed by atoms with van der Waals surface area (Å²) in [6.07, 6.45) is 1.92. The molecule has 0 saturated heterocycles. The molecule has 0 amide bonds. The highest BCUT2D eigenvalue weighted by atomic mass is 16.1. The Kier molecular flexibility index (Phi) is 1.01. The van der Waals surface area contributed by atoms with Gasteiger partial charge in [-0.3, -0.25) is 9.55 Å². The zero-order valence-corrected chi connectivity index (χ0v) is 6.46. The fourth-order valence-corrected chi connectivity index (χ4v) is 1.23. The van der Waals surface area contributed by atoms with Gasteiger partial charge in [0, 0.05) is 20.3 Å². The Balaban J connectivity index is 3.05. The maximum Gasteiger partial charge on any atom is 0.327 e. The number of aromatic nitrogens is 3. The van der Waals surface area contributed by atoms with Crippen molar-refractivity contribution in [2.75, 3.05) is 0 Å². The molecule has 4 nitrogen and oxygen atoms in total. The predicted octanol–water partition coefficient (Wildman–Crippen LogP) is 0.205. The van der Waals surface area contributed by atoms with Crippen molar-refractivity contribution in [2.24, 2.45) is 14.1 Å². The molecule has 0 aliphatic heterocycles. The molecule has 0 aliphatic carbocycles. The Morgan fingerprint density at radius 2 is 2.18 bits per heavy atom. The molecule has 2 aromatic heterocycles. The predicted molar refractivity (Wildman–Crippen MR) is 42.5 cm³/mol. The summed E-state index contributed by atoms with van der Waals surface area (Å²) in [7, 11) is 3.65. The van der Waals surface area contributed by atoms with Crippen LogP contribution in [0.5, 0.6) is 0 Å². The van der Waals surface area contributed by atoms with Crippen LogP contribution in [-0.4, -0.2) is 14.1 Å². The van der Waals surface area contributed by atoms with E-state index in [9.17, 15) is 4.79 Å². The number of hydrogen-bond acceptors (Lipinski definition) is 1. The Hall–Kier alpha value is -1.45. The van der Waals surface area contributed by atoms with Crippen LogP contribution in [0.25, 0.3) is 11.2 Å². The highest BCUT2D eigenvalue weighted by molar-refractivity contribution is 5.72. The van der Waals surface area contributed by atoms with Gasteiger partial charge < -0.3 is 4.57 Å². The number of nitrogens with one attached hydrogen (secondary N) is 1. The lowest BCUT2D eigenvalue weighted by Crippen LogP contribution is -2.12. The fourth-order valence-electron chi connectivity index (χ4n) is 1.23. The van der Waals surface area contributed by atoms with Crippen molar-refractivity contribution in [2.45, 2.75) is 0 Å². The van der Waals surface area contributed by atoms with E-state index < -0.39 is 0 Å². The highest BCUT2D eigenvalue weighted by Gasteiger charge is 2.03. The normalized spacial score (nSPS) is 11.1. The van der Waals surface area contributed by atoms with Gasteiger partial charge in [0.25, 0.3) is 0 Å². The fraction of sp³-hybridized carbons (Fsp3) is 0.286. The molecule has 0 fully saturated rings. The van der Waals surface area contributed by atoms with E-state index in [1.165, 1.54) is 0 Å². The first-order valence-electron chi connectivity index (χ1n) is 3.40. The topological polar surface area (TPSA) is 42.7 Å². The molecule has 0 bridgehead atoms. The summed E-state index contributed by atoms with van der Waals surface area (Å²) < 4.78 is 3.48. The number of hydrogen-bond donors (Lipinski definition) is 1. The lowest BCUT2D eigenvalue weighted by atomic mass is 10.6. The second kappa shape index (κ2) is 1.78. The molecule has 2 heterocycles. The molecule has 1 N–H and O–H groups in total. The molecule has 2 aromatic rings. The molecule has 0 unspecified atom stereocenters. The quantitative estimate of drug-likeness (QED) is 0.574. The molecule has 2 rings (SSSR count). The maximum atomic E-state index is 11.0. The molecule has 0 aromatic carbocycles. The second-order valence-electron chi connectivity index (χ2n) is 2.65. The molecule has 0 atom stereocenters. The van der Waals surface area contributed by atoms with Gasteiger partial charge in [0.1, 0.15) is 5.65 Å². The monoisotopic (exact) mass is 151 g/mol. The van der Waals surface area contributed by atoms with Crippen molar-refractivity contribution in [3.05, 3.63) is 22.7 Å². The first-order chi connectivity index (χ1) is 5.20. The Morgan fingerprint density at radius 1 is 1.45 bits per heavy atom. The number of H-pyrrole nitrogens is 1. The summed E-state index contributed by atoms with van der Waals surface area (Å²) in [5.41, 5.74) is 1.75. The third-order valence-electron chi connectivity index (χ3n) is 1.94. The van der Waals surface area contributed by atoms with Gasteiger partial charge in [0.15, 0.2) is 0 Å². The summed E-state index contributed by atoms with van der Waals surface area (Å²) in [5.74, 6) is 0. The Morgan fingerprint density at radius 3 is 2.82 bits per heavy atom. The average molecular weight is 151 g/mol. The van der Waals surface area contributed by atoms with Crippen LogP contribution in [0.4, 0.5) is 0 Å². The van der Waals surface area contributed by atoms with Gasteiger partial charge in [0.05, 0.1) is 5.52 Å². The minimum Gasteiger partial charge on any atom is -0.336 e. The first kappa shape index (κ1) is 6.27. The number of aromatic amines is 1. The summed E-state index contributed by atoms with van der Waals surface area (Å²) in [5, 5.41) is 0. The zero-order chi connectivity index (χ0) is 8.01. The summed E-state index contributed by atoms with van der Waals surface area (Å²) in [6.45, 7) is 0. The third kappa shape index (κ3) is 0.661. The molecular formula is C7H9N3O. The van der Waals surface area contributed by atoms with Crippen molar-refractivity contribution in [1.29, 1.82) is 0 Å². The second-order valence-corrected chi connectivity index (χ2v) is 2.65. The van der Waals surface area contributed by atoms with Gasteiger partial charge >= 0.3 is 5.69 Å². The smallest absolute Gasteiger partial charge is 0.327 e. The van der Waals surface area contributed by atoms with Crippen LogP contribution >= 0.6 is 0 Å². The third-order valence-corrected chi connectivity index (χ3v) is 1.94. The average Bonchev–Trinajstić information content (AvgIpc) is 2.43. The Labute approximate surface area is 63.1 Å². The molecule has 4 heteroatoms. The van der Waals surface area contributed by atoms with Gasteiger partial charge in [-0.2, -0.15) is 0 Å². The zero-order valence-electron chi connectivity index (χ0n) is 6.46. The number of aryl methyl sites for hydroxylation is 2. The van der Waals surface area contributed by atoms with E-state index in [2.05, 4.69) is 4.98 Å². The van der Waals surface area contributed by atoms with E-state index in [0.29, 0.717) is 0 Å². The van der Waals surface area contributed by atoms with E-state index in [1.54, 1.807) is 11.6 Å². The van der Waals surface area contributed by atoms with E-state index >= 15 is 0 Å². The first-order valence-corrected chi connectivity index (χ1v) is 3.40. The van der Waals surface area contributed by atoms with Crippen molar-refractivity contribution < 1.29 is 0 Å². The molecule has 58 valence electrons. The molecular weight excluding hydrogens is 142 g/mol. The van der Waals surface area contributed by atoms with E-state index in [-0.39, 0.29) is 5.69 Å². The van der Waals surface area contributed by atoms with Gasteiger partial charge in [-0.05, 0) is 6.07 Å². The number of fused-ring (bicyclic) bond motifs is 1. The highest BCUT2D eigenvalue weighted by Crippen LogP contribution is 2.07. The molecule has 0 aliphatic rings. The van der Waals surface area contributed by atoms with Crippen LogP contribution in [-0.2, 0) is 14.1 Å². The summed E-state index contributed by atoms with van der Waals surface area (Å²) in [6, 6.07) is 1.91. The van der Waals surface area contributed by atoms with Crippen molar-refractivity contribution >= 4 is 11.2 Å². The van der Waals surface area contributed by atoms with Gasteiger partial charge in [-0.15, -0.1) is 0 Å². The summed E-state index contributed by atoms with van der Waals surface area (Å²) >= 11 is 0. The van der Waals surface area contributed by atoms with E-state index in [1.807, 2.05) is 23.9 Å². The number of rotatable bonds is 0. The SMILES string of the molecule is Cn1ccc2c1[nH]c(=O)n2C. The maximum absolute atomic E-state index is 11.0. The molecule has 0 spiro atoms. The largest absolute Gasteiger partial charge is 0.336 e. The van der Waals surface area contributed by atoms with Gasteiger partial charge in [0.2, 0.25) is 0 Å².